The molecule has 0 fully saturated rings. The molecule has 2 aromatic rings. The van der Waals surface area contributed by atoms with Gasteiger partial charge in [-0.1, -0.05) is 36.4 Å². The molecular formula is C18H22N2S. The first-order chi connectivity index (χ1) is 9.97. The van der Waals surface area contributed by atoms with Crippen LogP contribution in [-0.2, 0) is 0 Å². The molecule has 0 aliphatic carbocycles. The lowest BCUT2D eigenvalue weighted by Gasteiger charge is -2.20. The fourth-order valence-corrected chi connectivity index (χ4v) is 3.16. The molecule has 0 amide bonds. The van der Waals surface area contributed by atoms with Crippen molar-refractivity contribution in [1.29, 1.82) is 0 Å². The summed E-state index contributed by atoms with van der Waals surface area (Å²) in [6.45, 7) is 14.1. The van der Waals surface area contributed by atoms with E-state index in [2.05, 4.69) is 54.6 Å². The van der Waals surface area contributed by atoms with Gasteiger partial charge in [0.1, 0.15) is 0 Å². The second-order valence-corrected chi connectivity index (χ2v) is 6.38. The molecule has 1 atom stereocenters. The molecule has 3 heteroatoms. The third-order valence-electron chi connectivity index (χ3n) is 3.29. The zero-order valence-corrected chi connectivity index (χ0v) is 13.8. The van der Waals surface area contributed by atoms with E-state index in [1.54, 1.807) is 11.3 Å². The molecule has 0 radical (unpaired) electrons. The first-order valence-corrected chi connectivity index (χ1v) is 7.92. The molecule has 0 saturated heterocycles. The number of allylic oxidation sites excluding steroid dienone is 1. The molecule has 110 valence electrons. The highest BCUT2D eigenvalue weighted by Crippen LogP contribution is 2.29. The van der Waals surface area contributed by atoms with Gasteiger partial charge in [0.05, 0.1) is 22.1 Å². The van der Waals surface area contributed by atoms with Gasteiger partial charge in [-0.05, 0) is 38.3 Å². The maximum Gasteiger partial charge on any atom is 0.0801 e. The van der Waals surface area contributed by atoms with E-state index in [0.29, 0.717) is 0 Å². The molecule has 2 nitrogen and oxygen atoms in total. The van der Waals surface area contributed by atoms with Gasteiger partial charge in [0.15, 0.2) is 0 Å². The first kappa shape index (κ1) is 15.5. The Morgan fingerprint density at radius 1 is 1.24 bits per heavy atom. The van der Waals surface area contributed by atoms with E-state index >= 15 is 0 Å². The van der Waals surface area contributed by atoms with Crippen molar-refractivity contribution in [3.8, 4) is 10.4 Å². The number of benzene rings is 1. The van der Waals surface area contributed by atoms with E-state index in [4.69, 9.17) is 0 Å². The Balaban J connectivity index is 2.24. The number of nitrogens with one attached hydrogen (secondary N) is 1. The van der Waals surface area contributed by atoms with Crippen LogP contribution in [-0.4, -0.2) is 4.98 Å². The number of aromatic nitrogens is 1. The number of hydrogen-bond acceptors (Lipinski definition) is 3. The van der Waals surface area contributed by atoms with Crippen LogP contribution in [0.2, 0.25) is 0 Å². The summed E-state index contributed by atoms with van der Waals surface area (Å²) in [5, 5.41) is 3.43. The van der Waals surface area contributed by atoms with E-state index in [1.807, 2.05) is 19.4 Å². The van der Waals surface area contributed by atoms with Crippen molar-refractivity contribution in [2.75, 3.05) is 0 Å². The third kappa shape index (κ3) is 4.05. The van der Waals surface area contributed by atoms with Crippen LogP contribution < -0.4 is 5.32 Å². The van der Waals surface area contributed by atoms with E-state index in [0.717, 1.165) is 23.4 Å². The second kappa shape index (κ2) is 6.72. The van der Waals surface area contributed by atoms with Gasteiger partial charge in [0.25, 0.3) is 0 Å². The molecule has 0 spiro atoms. The zero-order valence-electron chi connectivity index (χ0n) is 12.9. The van der Waals surface area contributed by atoms with Crippen molar-refractivity contribution in [1.82, 2.24) is 10.3 Å². The first-order valence-electron chi connectivity index (χ1n) is 7.04. The quantitative estimate of drug-likeness (QED) is 0.737. The number of hydrogen-bond donors (Lipinski definition) is 1. The minimum Gasteiger partial charge on any atom is -0.382 e. The van der Waals surface area contributed by atoms with Gasteiger partial charge in [-0.15, -0.1) is 17.9 Å². The highest BCUT2D eigenvalue weighted by atomic mass is 32.1. The lowest BCUT2D eigenvalue weighted by atomic mass is 9.98. The molecule has 0 saturated carbocycles. The summed E-state index contributed by atoms with van der Waals surface area (Å²) in [5.41, 5.74) is 7.60. The fraction of sp³-hybridized carbons (Fsp3) is 0.278. The number of thiazole rings is 1. The Morgan fingerprint density at radius 3 is 2.38 bits per heavy atom. The van der Waals surface area contributed by atoms with Gasteiger partial charge in [0, 0.05) is 5.70 Å². The van der Waals surface area contributed by atoms with Gasteiger partial charge in [-0.25, -0.2) is 4.98 Å². The SMILES string of the molecule is C=C(C)C[C@H](NC(=C)C)c1ccc(-c2scnc2C)cc1. The minimum atomic E-state index is 0.233. The van der Waals surface area contributed by atoms with Crippen molar-refractivity contribution < 1.29 is 0 Å². The molecule has 0 aliphatic rings. The number of aryl methyl sites for hydroxylation is 1. The lowest BCUT2D eigenvalue weighted by Crippen LogP contribution is -2.19. The summed E-state index contributed by atoms with van der Waals surface area (Å²) in [6, 6.07) is 8.93. The molecule has 1 heterocycles. The van der Waals surface area contributed by atoms with Crippen LogP contribution in [0.3, 0.4) is 0 Å². The predicted molar refractivity (Wildman–Crippen MR) is 92.4 cm³/mol. The van der Waals surface area contributed by atoms with Crippen molar-refractivity contribution in [3.63, 3.8) is 0 Å². The summed E-state index contributed by atoms with van der Waals surface area (Å²) in [6.07, 6.45) is 0.909. The van der Waals surface area contributed by atoms with Crippen molar-refractivity contribution in [3.05, 3.63) is 65.5 Å². The van der Waals surface area contributed by atoms with Crippen molar-refractivity contribution >= 4 is 11.3 Å². The number of nitrogens with zero attached hydrogens (tertiary/aromatic N) is 1. The van der Waals surface area contributed by atoms with Crippen LogP contribution in [0, 0.1) is 6.92 Å². The predicted octanol–water partition coefficient (Wildman–Crippen LogP) is 5.25. The molecule has 1 aromatic heterocycles. The molecule has 0 aliphatic heterocycles. The second-order valence-electron chi connectivity index (χ2n) is 5.53. The Morgan fingerprint density at radius 2 is 1.90 bits per heavy atom. The smallest absolute Gasteiger partial charge is 0.0801 e. The van der Waals surface area contributed by atoms with E-state index < -0.39 is 0 Å². The molecule has 0 bridgehead atoms. The summed E-state index contributed by atoms with van der Waals surface area (Å²) >= 11 is 1.68. The number of rotatable bonds is 6. The van der Waals surface area contributed by atoms with Gasteiger partial charge < -0.3 is 5.32 Å². The average Bonchev–Trinajstić information content (AvgIpc) is 2.83. The topological polar surface area (TPSA) is 24.9 Å². The highest BCUT2D eigenvalue weighted by molar-refractivity contribution is 7.13. The van der Waals surface area contributed by atoms with E-state index in [-0.39, 0.29) is 6.04 Å². The van der Waals surface area contributed by atoms with Crippen LogP contribution in [0.15, 0.2) is 54.2 Å². The zero-order chi connectivity index (χ0) is 15.4. The Hall–Kier alpha value is -1.87. The van der Waals surface area contributed by atoms with E-state index in [1.165, 1.54) is 16.0 Å². The maximum absolute atomic E-state index is 4.31. The van der Waals surface area contributed by atoms with Crippen molar-refractivity contribution in [2.24, 2.45) is 0 Å². The monoisotopic (exact) mass is 298 g/mol. The minimum absolute atomic E-state index is 0.233. The van der Waals surface area contributed by atoms with Gasteiger partial charge >= 0.3 is 0 Å². The maximum atomic E-state index is 4.31. The molecular weight excluding hydrogens is 276 g/mol. The normalized spacial score (nSPS) is 12.0. The van der Waals surface area contributed by atoms with Crippen molar-refractivity contribution in [2.45, 2.75) is 33.2 Å². The molecule has 2 rings (SSSR count). The Kier molecular flexibility index (Phi) is 4.97. The standard InChI is InChI=1S/C18H22N2S/c1-12(2)10-17(20-13(3)4)15-6-8-16(9-7-15)18-14(5)19-11-21-18/h6-9,11,17,20H,1,3,10H2,2,4-5H3/t17-/m0/s1. The molecule has 1 aromatic carbocycles. The van der Waals surface area contributed by atoms with Gasteiger partial charge in [-0.2, -0.15) is 0 Å². The highest BCUT2D eigenvalue weighted by Gasteiger charge is 2.12. The Labute approximate surface area is 131 Å². The van der Waals surface area contributed by atoms with Crippen LogP contribution in [0.1, 0.15) is 37.6 Å². The molecule has 0 unspecified atom stereocenters. The largest absolute Gasteiger partial charge is 0.382 e. The summed E-state index contributed by atoms with van der Waals surface area (Å²) in [4.78, 5) is 5.55. The van der Waals surface area contributed by atoms with Crippen LogP contribution >= 0.6 is 11.3 Å². The van der Waals surface area contributed by atoms with Crippen LogP contribution in [0.5, 0.6) is 0 Å². The molecule has 21 heavy (non-hydrogen) atoms. The van der Waals surface area contributed by atoms with Gasteiger partial charge in [0.2, 0.25) is 0 Å². The fourth-order valence-electron chi connectivity index (χ4n) is 2.34. The summed E-state index contributed by atoms with van der Waals surface area (Å²) < 4.78 is 0. The van der Waals surface area contributed by atoms with Crippen LogP contribution in [0.4, 0.5) is 0 Å². The molecule has 1 N–H and O–H groups in total. The average molecular weight is 298 g/mol. The third-order valence-corrected chi connectivity index (χ3v) is 4.27. The Bertz CT molecular complexity index is 621. The van der Waals surface area contributed by atoms with Gasteiger partial charge in [-0.3, -0.25) is 0 Å². The van der Waals surface area contributed by atoms with Crippen LogP contribution in [0.25, 0.3) is 10.4 Å². The summed E-state index contributed by atoms with van der Waals surface area (Å²) in [5.74, 6) is 0. The summed E-state index contributed by atoms with van der Waals surface area (Å²) in [7, 11) is 0. The lowest BCUT2D eigenvalue weighted by molar-refractivity contribution is 0.594. The van der Waals surface area contributed by atoms with E-state index in [9.17, 15) is 0 Å².